The molecular formula is C17H23N5O. The maximum atomic E-state index is 12.6. The van der Waals surface area contributed by atoms with Gasteiger partial charge in [-0.1, -0.05) is 0 Å². The number of carbonyl (C=O) groups is 1. The first-order valence-corrected chi connectivity index (χ1v) is 8.17. The number of nitrogens with one attached hydrogen (secondary N) is 1. The van der Waals surface area contributed by atoms with E-state index in [1.807, 2.05) is 36.2 Å². The number of hydrogen-bond acceptors (Lipinski definition) is 4. The third-order valence-corrected chi connectivity index (χ3v) is 4.50. The fourth-order valence-electron chi connectivity index (χ4n) is 3.05. The summed E-state index contributed by atoms with van der Waals surface area (Å²) in [5.41, 5.74) is 1.65. The van der Waals surface area contributed by atoms with Gasteiger partial charge in [-0.05, 0) is 63.0 Å². The second kappa shape index (κ2) is 7.37. The monoisotopic (exact) mass is 313 g/mol. The van der Waals surface area contributed by atoms with Crippen molar-refractivity contribution in [3.8, 4) is 5.69 Å². The molecule has 0 aliphatic carbocycles. The Morgan fingerprint density at radius 2 is 2.00 bits per heavy atom. The van der Waals surface area contributed by atoms with Crippen LogP contribution in [0, 0.1) is 5.92 Å². The van der Waals surface area contributed by atoms with Crippen LogP contribution in [-0.4, -0.2) is 52.3 Å². The highest BCUT2D eigenvalue weighted by molar-refractivity contribution is 5.94. The van der Waals surface area contributed by atoms with E-state index in [2.05, 4.69) is 15.4 Å². The summed E-state index contributed by atoms with van der Waals surface area (Å²) >= 11 is 0. The van der Waals surface area contributed by atoms with Gasteiger partial charge in [-0.3, -0.25) is 4.79 Å². The average molecular weight is 313 g/mol. The molecule has 1 saturated heterocycles. The lowest BCUT2D eigenvalue weighted by Crippen LogP contribution is -2.38. The molecule has 1 aromatic heterocycles. The molecule has 0 unspecified atom stereocenters. The summed E-state index contributed by atoms with van der Waals surface area (Å²) in [7, 11) is 1.99. The zero-order valence-electron chi connectivity index (χ0n) is 13.5. The lowest BCUT2D eigenvalue weighted by Gasteiger charge is -2.32. The second-order valence-corrected chi connectivity index (χ2v) is 6.01. The van der Waals surface area contributed by atoms with Crippen LogP contribution < -0.4 is 5.32 Å². The van der Waals surface area contributed by atoms with Crippen LogP contribution in [0.3, 0.4) is 0 Å². The Labute approximate surface area is 136 Å². The van der Waals surface area contributed by atoms with Gasteiger partial charge < -0.3 is 10.2 Å². The third-order valence-electron chi connectivity index (χ3n) is 4.50. The summed E-state index contributed by atoms with van der Waals surface area (Å²) in [6.07, 6.45) is 6.55. The molecule has 0 radical (unpaired) electrons. The Balaban J connectivity index is 1.58. The smallest absolute Gasteiger partial charge is 0.253 e. The molecule has 6 heteroatoms. The van der Waals surface area contributed by atoms with Gasteiger partial charge in [0.1, 0.15) is 12.7 Å². The van der Waals surface area contributed by atoms with Gasteiger partial charge >= 0.3 is 0 Å². The van der Waals surface area contributed by atoms with E-state index in [-0.39, 0.29) is 5.91 Å². The summed E-state index contributed by atoms with van der Waals surface area (Å²) in [4.78, 5) is 18.5. The van der Waals surface area contributed by atoms with Crippen molar-refractivity contribution < 1.29 is 4.79 Å². The number of carbonyl (C=O) groups excluding carboxylic acids is 1. The highest BCUT2D eigenvalue weighted by Gasteiger charge is 2.23. The first-order chi connectivity index (χ1) is 11.3. The second-order valence-electron chi connectivity index (χ2n) is 6.01. The van der Waals surface area contributed by atoms with E-state index < -0.39 is 0 Å². The van der Waals surface area contributed by atoms with Crippen LogP contribution in [0.2, 0.25) is 0 Å². The van der Waals surface area contributed by atoms with Crippen molar-refractivity contribution in [2.75, 3.05) is 26.7 Å². The quantitative estimate of drug-likeness (QED) is 0.913. The Bertz CT molecular complexity index is 615. The number of benzene rings is 1. The summed E-state index contributed by atoms with van der Waals surface area (Å²) in [5, 5.41) is 7.29. The first kappa shape index (κ1) is 15.7. The molecule has 2 heterocycles. The van der Waals surface area contributed by atoms with Gasteiger partial charge in [0, 0.05) is 18.7 Å². The van der Waals surface area contributed by atoms with Gasteiger partial charge in [0.15, 0.2) is 0 Å². The van der Waals surface area contributed by atoms with Crippen LogP contribution >= 0.6 is 0 Å². The topological polar surface area (TPSA) is 63.1 Å². The van der Waals surface area contributed by atoms with Crippen molar-refractivity contribution in [3.63, 3.8) is 0 Å². The molecule has 0 spiro atoms. The minimum absolute atomic E-state index is 0.127. The minimum Gasteiger partial charge on any atom is -0.339 e. The van der Waals surface area contributed by atoms with E-state index in [1.165, 1.54) is 12.7 Å². The standard InChI is InChI=1S/C17H23N5O/c1-18-9-6-14-7-10-21(11-8-14)17(23)15-2-4-16(5-3-15)22-13-19-12-20-22/h2-5,12-14,18H,6-11H2,1H3. The largest absolute Gasteiger partial charge is 0.339 e. The highest BCUT2D eigenvalue weighted by atomic mass is 16.2. The van der Waals surface area contributed by atoms with Crippen LogP contribution in [0.5, 0.6) is 0 Å². The predicted molar refractivity (Wildman–Crippen MR) is 88.5 cm³/mol. The Hall–Kier alpha value is -2.21. The normalized spacial score (nSPS) is 15.8. The zero-order valence-corrected chi connectivity index (χ0v) is 13.5. The maximum Gasteiger partial charge on any atom is 0.253 e. The molecular weight excluding hydrogens is 290 g/mol. The first-order valence-electron chi connectivity index (χ1n) is 8.17. The summed E-state index contributed by atoms with van der Waals surface area (Å²) in [5.74, 6) is 0.864. The molecule has 3 rings (SSSR count). The molecule has 1 N–H and O–H groups in total. The molecule has 0 bridgehead atoms. The van der Waals surface area contributed by atoms with Crippen molar-refractivity contribution in [3.05, 3.63) is 42.5 Å². The number of likely N-dealkylation sites (tertiary alicyclic amines) is 1. The summed E-state index contributed by atoms with van der Waals surface area (Å²) in [6.45, 7) is 2.78. The average Bonchev–Trinajstić information content (AvgIpc) is 3.14. The fourth-order valence-corrected chi connectivity index (χ4v) is 3.05. The fraction of sp³-hybridized carbons (Fsp3) is 0.471. The van der Waals surface area contributed by atoms with Crippen molar-refractivity contribution in [1.29, 1.82) is 0 Å². The van der Waals surface area contributed by atoms with Gasteiger partial charge in [0.25, 0.3) is 5.91 Å². The highest BCUT2D eigenvalue weighted by Crippen LogP contribution is 2.21. The van der Waals surface area contributed by atoms with E-state index >= 15 is 0 Å². The van der Waals surface area contributed by atoms with Gasteiger partial charge in [0.2, 0.25) is 0 Å². The lowest BCUT2D eigenvalue weighted by atomic mass is 9.93. The van der Waals surface area contributed by atoms with Crippen LogP contribution in [0.4, 0.5) is 0 Å². The van der Waals surface area contributed by atoms with Crippen LogP contribution in [0.25, 0.3) is 5.69 Å². The summed E-state index contributed by atoms with van der Waals surface area (Å²) < 4.78 is 1.68. The molecule has 1 aromatic carbocycles. The molecule has 6 nitrogen and oxygen atoms in total. The molecule has 1 aliphatic heterocycles. The Kier molecular flexibility index (Phi) is 5.02. The van der Waals surface area contributed by atoms with Gasteiger partial charge in [0.05, 0.1) is 5.69 Å². The molecule has 1 amide bonds. The molecule has 2 aromatic rings. The van der Waals surface area contributed by atoms with Crippen molar-refractivity contribution in [1.82, 2.24) is 25.0 Å². The van der Waals surface area contributed by atoms with E-state index in [4.69, 9.17) is 0 Å². The summed E-state index contributed by atoms with van der Waals surface area (Å²) in [6, 6.07) is 7.54. The molecule has 1 aliphatic rings. The SMILES string of the molecule is CNCCC1CCN(C(=O)c2ccc(-n3cncn3)cc2)CC1. The van der Waals surface area contributed by atoms with Crippen molar-refractivity contribution in [2.24, 2.45) is 5.92 Å². The van der Waals surface area contributed by atoms with Gasteiger partial charge in [-0.25, -0.2) is 9.67 Å². The van der Waals surface area contributed by atoms with Crippen LogP contribution in [-0.2, 0) is 0 Å². The number of amides is 1. The Morgan fingerprint density at radius 1 is 1.26 bits per heavy atom. The van der Waals surface area contributed by atoms with Crippen LogP contribution in [0.15, 0.2) is 36.9 Å². The maximum absolute atomic E-state index is 12.6. The zero-order chi connectivity index (χ0) is 16.1. The number of rotatable bonds is 5. The third kappa shape index (κ3) is 3.76. The molecule has 0 atom stereocenters. The van der Waals surface area contributed by atoms with E-state index in [0.29, 0.717) is 0 Å². The molecule has 0 saturated carbocycles. The number of nitrogens with zero attached hydrogens (tertiary/aromatic N) is 4. The molecule has 122 valence electrons. The van der Waals surface area contributed by atoms with Crippen LogP contribution in [0.1, 0.15) is 29.6 Å². The van der Waals surface area contributed by atoms with Gasteiger partial charge in [-0.2, -0.15) is 5.10 Å². The molecule has 23 heavy (non-hydrogen) atoms. The minimum atomic E-state index is 0.127. The van der Waals surface area contributed by atoms with E-state index in [9.17, 15) is 4.79 Å². The number of hydrogen-bond donors (Lipinski definition) is 1. The van der Waals surface area contributed by atoms with Gasteiger partial charge in [-0.15, -0.1) is 0 Å². The predicted octanol–water partition coefficient (Wildman–Crippen LogP) is 1.73. The van der Waals surface area contributed by atoms with E-state index in [1.54, 1.807) is 11.0 Å². The number of piperidine rings is 1. The van der Waals surface area contributed by atoms with E-state index in [0.717, 1.165) is 49.6 Å². The van der Waals surface area contributed by atoms with Crippen molar-refractivity contribution >= 4 is 5.91 Å². The Morgan fingerprint density at radius 3 is 2.61 bits per heavy atom. The lowest BCUT2D eigenvalue weighted by molar-refractivity contribution is 0.0687. The number of aromatic nitrogens is 3. The molecule has 1 fully saturated rings. The van der Waals surface area contributed by atoms with Crippen molar-refractivity contribution in [2.45, 2.75) is 19.3 Å².